The number of hydrogen-bond acceptors (Lipinski definition) is 8. The number of carbonyl (C=O) groups excluding carboxylic acids is 2. The minimum absolute atomic E-state index is 0.0254. The first-order valence-electron chi connectivity index (χ1n) is 23.8. The number of rotatable bonds is 33. The highest BCUT2D eigenvalue weighted by molar-refractivity contribution is 7.99. The van der Waals surface area contributed by atoms with Crippen LogP contribution in [-0.2, 0) is 19.1 Å². The van der Waals surface area contributed by atoms with Gasteiger partial charge in [0.05, 0.1) is 19.7 Å². The molecule has 5 rings (SSSR count). The van der Waals surface area contributed by atoms with Gasteiger partial charge in [0.2, 0.25) is 0 Å². The van der Waals surface area contributed by atoms with Gasteiger partial charge in [0, 0.05) is 43.1 Å². The van der Waals surface area contributed by atoms with Gasteiger partial charge < -0.3 is 24.6 Å². The normalized spacial score (nSPS) is 22.4. The molecule has 4 fully saturated rings. The Hall–Kier alpha value is -1.41. The summed E-state index contributed by atoms with van der Waals surface area (Å²) in [6, 6.07) is 0. The fourth-order valence-corrected chi connectivity index (χ4v) is 10.8. The zero-order valence-corrected chi connectivity index (χ0v) is 37.1. The summed E-state index contributed by atoms with van der Waals surface area (Å²) in [7, 11) is 0. The highest BCUT2D eigenvalue weighted by Crippen LogP contribution is 2.57. The summed E-state index contributed by atoms with van der Waals surface area (Å²) >= 11 is 1.93. The lowest BCUT2D eigenvalue weighted by Gasteiger charge is -2.44. The fraction of sp³-hybridized carbons (Fsp3) is 0.915. The summed E-state index contributed by atoms with van der Waals surface area (Å²) in [6.07, 6.45) is 37.9. The van der Waals surface area contributed by atoms with Gasteiger partial charge in [-0.25, -0.2) is 0 Å². The predicted molar refractivity (Wildman–Crippen MR) is 234 cm³/mol. The number of esters is 2. The summed E-state index contributed by atoms with van der Waals surface area (Å²) in [5.41, 5.74) is 0.295. The van der Waals surface area contributed by atoms with E-state index >= 15 is 0 Å². The molecule has 0 aromatic rings. The Morgan fingerprint density at radius 3 is 1.98 bits per heavy atom. The van der Waals surface area contributed by atoms with Crippen LogP contribution < -0.4 is 5.32 Å². The van der Waals surface area contributed by atoms with Gasteiger partial charge in [0.25, 0.3) is 0 Å². The number of fused-ring (bicyclic) bond motifs is 1. The van der Waals surface area contributed by atoms with Crippen LogP contribution in [0.1, 0.15) is 194 Å². The first kappa shape index (κ1) is 48.0. The molecule has 5 aliphatic rings. The maximum Gasteiger partial charge on any atom is 0.307 e. The quantitative estimate of drug-likeness (QED) is 0.0521. The Labute approximate surface area is 344 Å². The second kappa shape index (κ2) is 30.6. The third-order valence-corrected chi connectivity index (χ3v) is 13.8. The average Bonchev–Trinajstić information content (AvgIpc) is 3.63. The summed E-state index contributed by atoms with van der Waals surface area (Å²) in [4.78, 5) is 30.0. The molecule has 2 atom stereocenters. The fourth-order valence-electron chi connectivity index (χ4n) is 9.98. The molecule has 1 heterocycles. The van der Waals surface area contributed by atoms with E-state index in [1.165, 1.54) is 128 Å². The number of thioether (sulfide) groups is 1. The lowest BCUT2D eigenvalue weighted by Crippen LogP contribution is -2.37. The Morgan fingerprint density at radius 1 is 0.709 bits per heavy atom. The Morgan fingerprint density at radius 2 is 1.31 bits per heavy atom. The van der Waals surface area contributed by atoms with Crippen LogP contribution in [0.4, 0.5) is 0 Å². The van der Waals surface area contributed by atoms with Gasteiger partial charge in [-0.3, -0.25) is 9.59 Å². The highest BCUT2D eigenvalue weighted by atomic mass is 32.2. The number of nitrogens with zero attached hydrogens (tertiary/aromatic N) is 2. The van der Waals surface area contributed by atoms with Crippen molar-refractivity contribution in [3.8, 4) is 0 Å². The van der Waals surface area contributed by atoms with Crippen molar-refractivity contribution in [3.63, 3.8) is 0 Å². The second-order valence-corrected chi connectivity index (χ2v) is 18.8. The van der Waals surface area contributed by atoms with Crippen molar-refractivity contribution in [2.45, 2.75) is 194 Å². The molecule has 0 aromatic carbocycles. The molecule has 8 heteroatoms. The van der Waals surface area contributed by atoms with E-state index in [9.17, 15) is 9.59 Å². The van der Waals surface area contributed by atoms with Gasteiger partial charge in [-0.2, -0.15) is 11.8 Å². The van der Waals surface area contributed by atoms with Crippen molar-refractivity contribution in [1.82, 2.24) is 15.1 Å². The standard InChI is InChI=1S/C45H81N3O4S.C2H6/c1-2-3-4-5-6-7-8-9-10-11-15-18-31-53-32-30-51-44(50)22-28-47(26-19-27-48-29-24-46-39-48)25-17-14-12-13-16-20-43(49)52-38-45-23-21-40-33-41(36-45)35-42(34-40)37-45;1-2/h24,29,40-42,46H,2-23,25-28,30-39H2,1H3;1-2H3. The molecule has 0 radical (unpaired) electrons. The van der Waals surface area contributed by atoms with Crippen LogP contribution in [0, 0.1) is 23.2 Å². The van der Waals surface area contributed by atoms with E-state index in [-0.39, 0.29) is 11.9 Å². The minimum Gasteiger partial charge on any atom is -0.465 e. The monoisotopic (exact) mass is 790 g/mol. The van der Waals surface area contributed by atoms with Gasteiger partial charge in [0.1, 0.15) is 6.61 Å². The molecule has 4 bridgehead atoms. The molecule has 4 saturated carbocycles. The van der Waals surface area contributed by atoms with Crippen LogP contribution in [0.3, 0.4) is 0 Å². The summed E-state index contributed by atoms with van der Waals surface area (Å²) in [6.45, 7) is 12.2. The molecule has 320 valence electrons. The molecule has 0 spiro atoms. The lowest BCUT2D eigenvalue weighted by atomic mass is 9.62. The smallest absolute Gasteiger partial charge is 0.307 e. The van der Waals surface area contributed by atoms with E-state index in [4.69, 9.17) is 9.47 Å². The molecule has 1 aliphatic heterocycles. The predicted octanol–water partition coefficient (Wildman–Crippen LogP) is 11.9. The SMILES string of the molecule is CC.CCCCCCCCCCCCCCSCCOC(=O)CCN(CCCCCCCC(=O)OCC12CCC3CC(CC(C3)C1)C2)CCCN1C=CNC1. The topological polar surface area (TPSA) is 71.1 Å². The molecular weight excluding hydrogens is 703 g/mol. The van der Waals surface area contributed by atoms with E-state index in [1.807, 2.05) is 31.8 Å². The van der Waals surface area contributed by atoms with Gasteiger partial charge in [-0.15, -0.1) is 0 Å². The van der Waals surface area contributed by atoms with Crippen LogP contribution in [0.15, 0.2) is 12.4 Å². The molecule has 0 aromatic heterocycles. The van der Waals surface area contributed by atoms with Crippen molar-refractivity contribution in [3.05, 3.63) is 12.4 Å². The Balaban J connectivity index is 0.00000399. The van der Waals surface area contributed by atoms with E-state index in [0.29, 0.717) is 31.5 Å². The van der Waals surface area contributed by atoms with Crippen molar-refractivity contribution in [2.75, 3.05) is 57.6 Å². The number of carbonyl (C=O) groups is 2. The maximum atomic E-state index is 12.6. The second-order valence-electron chi connectivity index (χ2n) is 17.6. The molecular formula is C47H87N3O4S. The van der Waals surface area contributed by atoms with Crippen LogP contribution in [0.2, 0.25) is 0 Å². The van der Waals surface area contributed by atoms with Gasteiger partial charge in [0.15, 0.2) is 0 Å². The maximum absolute atomic E-state index is 12.6. The van der Waals surface area contributed by atoms with Gasteiger partial charge in [-0.1, -0.05) is 111 Å². The van der Waals surface area contributed by atoms with E-state index in [2.05, 4.69) is 28.2 Å². The van der Waals surface area contributed by atoms with Crippen LogP contribution >= 0.6 is 11.8 Å². The van der Waals surface area contributed by atoms with Crippen molar-refractivity contribution >= 4 is 23.7 Å². The first-order valence-corrected chi connectivity index (χ1v) is 24.9. The zero-order chi connectivity index (χ0) is 39.2. The Kier molecular flexibility index (Phi) is 26.7. The third kappa shape index (κ3) is 21.8. The molecule has 0 saturated heterocycles. The van der Waals surface area contributed by atoms with E-state index in [1.54, 1.807) is 0 Å². The zero-order valence-electron chi connectivity index (χ0n) is 36.3. The van der Waals surface area contributed by atoms with E-state index in [0.717, 1.165) is 94.9 Å². The largest absolute Gasteiger partial charge is 0.465 e. The molecule has 1 N–H and O–H groups in total. The third-order valence-electron chi connectivity index (χ3n) is 12.8. The van der Waals surface area contributed by atoms with Crippen molar-refractivity contribution in [2.24, 2.45) is 23.2 Å². The highest BCUT2D eigenvalue weighted by Gasteiger charge is 2.48. The molecule has 4 aliphatic carbocycles. The van der Waals surface area contributed by atoms with Crippen molar-refractivity contribution < 1.29 is 19.1 Å². The number of hydrogen-bond donors (Lipinski definition) is 1. The molecule has 2 unspecified atom stereocenters. The molecule has 7 nitrogen and oxygen atoms in total. The molecule has 0 amide bonds. The van der Waals surface area contributed by atoms with Crippen LogP contribution in [0.25, 0.3) is 0 Å². The van der Waals surface area contributed by atoms with Crippen LogP contribution in [0.5, 0.6) is 0 Å². The average molecular weight is 790 g/mol. The number of nitrogens with one attached hydrogen (secondary N) is 1. The molecule has 55 heavy (non-hydrogen) atoms. The number of unbranched alkanes of at least 4 members (excludes halogenated alkanes) is 15. The summed E-state index contributed by atoms with van der Waals surface area (Å²) in [5.74, 6) is 4.79. The first-order chi connectivity index (χ1) is 27.0. The lowest BCUT2D eigenvalue weighted by molar-refractivity contribution is -0.149. The minimum atomic E-state index is -0.0572. The van der Waals surface area contributed by atoms with Gasteiger partial charge >= 0.3 is 11.9 Å². The van der Waals surface area contributed by atoms with E-state index < -0.39 is 0 Å². The van der Waals surface area contributed by atoms with Crippen molar-refractivity contribution in [1.29, 1.82) is 0 Å². The van der Waals surface area contributed by atoms with Gasteiger partial charge in [-0.05, 0) is 107 Å². The Bertz CT molecular complexity index is 997. The number of ether oxygens (including phenoxy) is 2. The summed E-state index contributed by atoms with van der Waals surface area (Å²) in [5, 5.41) is 3.25. The van der Waals surface area contributed by atoms with Crippen LogP contribution in [-0.4, -0.2) is 79.3 Å². The summed E-state index contributed by atoms with van der Waals surface area (Å²) < 4.78 is 11.6.